The summed E-state index contributed by atoms with van der Waals surface area (Å²) in [5, 5.41) is 21.2. The number of carbonyl (C=O) groups excluding carboxylic acids is 2. The Labute approximate surface area is 173 Å². The van der Waals surface area contributed by atoms with E-state index in [0.717, 1.165) is 23.9 Å². The molecule has 2 amide bonds. The number of nitrogens with one attached hydrogen (secondary N) is 2. The highest BCUT2D eigenvalue weighted by molar-refractivity contribution is 8.15. The van der Waals surface area contributed by atoms with Gasteiger partial charge in [0.15, 0.2) is 5.17 Å². The average Bonchev–Trinajstić information content (AvgIpc) is 3.02. The van der Waals surface area contributed by atoms with Gasteiger partial charge in [-0.25, -0.2) is 0 Å². The van der Waals surface area contributed by atoms with Crippen molar-refractivity contribution in [2.45, 2.75) is 17.8 Å². The molecular formula is C19H15F3N4O3S. The summed E-state index contributed by atoms with van der Waals surface area (Å²) in [5.41, 5.74) is -0.919. The van der Waals surface area contributed by atoms with Crippen molar-refractivity contribution in [3.63, 3.8) is 0 Å². The highest BCUT2D eigenvalue weighted by Crippen LogP contribution is 2.34. The number of halogens is 3. The molecule has 0 bridgehead atoms. The van der Waals surface area contributed by atoms with Crippen molar-refractivity contribution < 1.29 is 27.9 Å². The molecule has 0 aliphatic carbocycles. The predicted octanol–water partition coefficient (Wildman–Crippen LogP) is 3.36. The first-order chi connectivity index (χ1) is 14.2. The van der Waals surface area contributed by atoms with Crippen LogP contribution in [0.2, 0.25) is 0 Å². The number of alkyl halides is 3. The van der Waals surface area contributed by atoms with E-state index in [4.69, 9.17) is 0 Å². The first-order valence-electron chi connectivity index (χ1n) is 8.56. The molecule has 156 valence electrons. The summed E-state index contributed by atoms with van der Waals surface area (Å²) in [5.74, 6) is -1.23. The van der Waals surface area contributed by atoms with Crippen LogP contribution in [0.3, 0.4) is 0 Å². The number of anilines is 1. The molecule has 30 heavy (non-hydrogen) atoms. The Morgan fingerprint density at radius 3 is 2.63 bits per heavy atom. The molecule has 0 saturated carbocycles. The summed E-state index contributed by atoms with van der Waals surface area (Å²) in [6.45, 7) is 0. The van der Waals surface area contributed by atoms with Gasteiger partial charge in [-0.1, -0.05) is 36.0 Å². The van der Waals surface area contributed by atoms with E-state index in [1.165, 1.54) is 24.4 Å². The van der Waals surface area contributed by atoms with Crippen LogP contribution in [0.1, 0.15) is 17.5 Å². The van der Waals surface area contributed by atoms with Crippen molar-refractivity contribution in [2.75, 3.05) is 5.32 Å². The van der Waals surface area contributed by atoms with Crippen LogP contribution in [-0.4, -0.2) is 33.6 Å². The quantitative estimate of drug-likeness (QED) is 0.494. The van der Waals surface area contributed by atoms with Crippen LogP contribution >= 0.6 is 11.8 Å². The number of aromatic hydroxyl groups is 1. The summed E-state index contributed by atoms with van der Waals surface area (Å²) in [6.07, 6.45) is -3.66. The zero-order valence-electron chi connectivity index (χ0n) is 15.2. The predicted molar refractivity (Wildman–Crippen MR) is 107 cm³/mol. The van der Waals surface area contributed by atoms with E-state index in [-0.39, 0.29) is 23.0 Å². The van der Waals surface area contributed by atoms with Crippen LogP contribution in [0.25, 0.3) is 0 Å². The van der Waals surface area contributed by atoms with Gasteiger partial charge in [0, 0.05) is 12.0 Å². The van der Waals surface area contributed by atoms with Crippen LogP contribution in [0.15, 0.2) is 58.7 Å². The normalized spacial score (nSPS) is 18.0. The molecule has 7 nitrogen and oxygen atoms in total. The van der Waals surface area contributed by atoms with Crippen LogP contribution in [0, 0.1) is 0 Å². The Balaban J connectivity index is 1.61. The molecule has 0 aromatic heterocycles. The van der Waals surface area contributed by atoms with E-state index < -0.39 is 28.8 Å². The number of nitrogens with zero attached hydrogens (tertiary/aromatic N) is 2. The van der Waals surface area contributed by atoms with E-state index >= 15 is 0 Å². The Morgan fingerprint density at radius 1 is 1.20 bits per heavy atom. The molecule has 3 N–H and O–H groups in total. The molecule has 3 rings (SSSR count). The summed E-state index contributed by atoms with van der Waals surface area (Å²) >= 11 is 0.937. The average molecular weight is 436 g/mol. The topological polar surface area (TPSA) is 103 Å². The summed E-state index contributed by atoms with van der Waals surface area (Å²) < 4.78 is 39.1. The number of para-hydroxylation sites is 2. The van der Waals surface area contributed by atoms with Gasteiger partial charge < -0.3 is 15.7 Å². The van der Waals surface area contributed by atoms with Gasteiger partial charge in [0.2, 0.25) is 11.8 Å². The minimum absolute atomic E-state index is 0.0123. The van der Waals surface area contributed by atoms with Gasteiger partial charge >= 0.3 is 6.18 Å². The van der Waals surface area contributed by atoms with Crippen molar-refractivity contribution in [1.29, 1.82) is 0 Å². The summed E-state index contributed by atoms with van der Waals surface area (Å²) in [4.78, 5) is 24.2. The number of phenols is 1. The second-order valence-corrected chi connectivity index (χ2v) is 7.29. The van der Waals surface area contributed by atoms with Crippen molar-refractivity contribution in [1.82, 2.24) is 5.32 Å². The largest absolute Gasteiger partial charge is 0.507 e. The molecule has 1 saturated heterocycles. The zero-order chi connectivity index (χ0) is 21.7. The number of phenolic OH excluding ortho intramolecular Hbond substituents is 1. The van der Waals surface area contributed by atoms with Crippen molar-refractivity contribution >= 4 is 40.6 Å². The number of thioether (sulfide) groups is 1. The van der Waals surface area contributed by atoms with Crippen LogP contribution in [0.5, 0.6) is 5.75 Å². The van der Waals surface area contributed by atoms with E-state index in [1.54, 1.807) is 18.2 Å². The third-order valence-electron chi connectivity index (χ3n) is 3.94. The van der Waals surface area contributed by atoms with E-state index in [1.807, 2.05) is 0 Å². The lowest BCUT2D eigenvalue weighted by atomic mass is 10.1. The lowest BCUT2D eigenvalue weighted by molar-refractivity contribution is -0.137. The molecule has 1 heterocycles. The third kappa shape index (κ3) is 5.38. The molecule has 2 aromatic carbocycles. The minimum atomic E-state index is -4.62. The monoisotopic (exact) mass is 436 g/mol. The van der Waals surface area contributed by atoms with Gasteiger partial charge in [-0.15, -0.1) is 5.10 Å². The lowest BCUT2D eigenvalue weighted by Crippen LogP contribution is -2.28. The molecule has 0 radical (unpaired) electrons. The number of benzene rings is 2. The second kappa shape index (κ2) is 8.99. The van der Waals surface area contributed by atoms with Gasteiger partial charge in [0.25, 0.3) is 0 Å². The summed E-state index contributed by atoms with van der Waals surface area (Å²) in [6, 6.07) is 11.0. The molecule has 1 aliphatic heterocycles. The first kappa shape index (κ1) is 21.4. The van der Waals surface area contributed by atoms with E-state index in [9.17, 15) is 27.9 Å². The number of rotatable bonds is 5. The zero-order valence-corrected chi connectivity index (χ0v) is 16.0. The lowest BCUT2D eigenvalue weighted by Gasteiger charge is -2.14. The molecule has 0 spiro atoms. The van der Waals surface area contributed by atoms with Gasteiger partial charge in [-0.2, -0.15) is 18.3 Å². The Morgan fingerprint density at radius 2 is 1.90 bits per heavy atom. The Kier molecular flexibility index (Phi) is 6.40. The number of hydrogen-bond donors (Lipinski definition) is 3. The Hall–Kier alpha value is -3.34. The maximum absolute atomic E-state index is 13.0. The maximum atomic E-state index is 13.0. The smallest absolute Gasteiger partial charge is 0.418 e. The number of amides is 2. The van der Waals surface area contributed by atoms with Crippen molar-refractivity contribution in [3.8, 4) is 5.75 Å². The highest BCUT2D eigenvalue weighted by atomic mass is 32.2. The van der Waals surface area contributed by atoms with Crippen LogP contribution < -0.4 is 10.6 Å². The minimum Gasteiger partial charge on any atom is -0.507 e. The maximum Gasteiger partial charge on any atom is 0.418 e. The van der Waals surface area contributed by atoms with Gasteiger partial charge in [-0.05, 0) is 24.3 Å². The fraction of sp³-hybridized carbons (Fsp3) is 0.158. The summed E-state index contributed by atoms with van der Waals surface area (Å²) in [7, 11) is 0. The van der Waals surface area contributed by atoms with E-state index in [0.29, 0.717) is 5.56 Å². The molecule has 0 unspecified atom stereocenters. The highest BCUT2D eigenvalue weighted by Gasteiger charge is 2.35. The molecule has 1 atom stereocenters. The fourth-order valence-electron chi connectivity index (χ4n) is 2.54. The number of carbonyl (C=O) groups is 2. The SMILES string of the molecule is O=C(C[C@@H]1SC(=NN=Cc2ccccc2O)NC1=O)Nc1ccccc1C(F)(F)F. The van der Waals surface area contributed by atoms with Crippen LogP contribution in [-0.2, 0) is 15.8 Å². The van der Waals surface area contributed by atoms with E-state index in [2.05, 4.69) is 20.8 Å². The van der Waals surface area contributed by atoms with Crippen molar-refractivity contribution in [3.05, 3.63) is 59.7 Å². The van der Waals surface area contributed by atoms with Crippen molar-refractivity contribution in [2.24, 2.45) is 10.2 Å². The fourth-order valence-corrected chi connectivity index (χ4v) is 3.46. The Bertz CT molecular complexity index is 1020. The number of amidine groups is 1. The molecule has 2 aromatic rings. The molecule has 1 aliphatic rings. The second-order valence-electron chi connectivity index (χ2n) is 6.10. The standard InChI is InChI=1S/C19H15F3N4O3S/c20-19(21,22)12-6-2-3-7-13(12)24-16(28)9-15-17(29)25-18(30-15)26-23-10-11-5-1-4-8-14(11)27/h1-8,10,15,27H,9H2,(H,24,28)(H,25,26,29)/t15-/m0/s1. The van der Waals surface area contributed by atoms with Gasteiger partial charge in [-0.3, -0.25) is 9.59 Å². The molecule has 11 heteroatoms. The number of hydrogen-bond acceptors (Lipinski definition) is 6. The van der Waals surface area contributed by atoms with Crippen LogP contribution in [0.4, 0.5) is 18.9 Å². The van der Waals surface area contributed by atoms with Gasteiger partial charge in [0.05, 0.1) is 17.5 Å². The molecular weight excluding hydrogens is 421 g/mol. The first-order valence-corrected chi connectivity index (χ1v) is 9.44. The molecule has 1 fully saturated rings. The third-order valence-corrected chi connectivity index (χ3v) is 5.01. The van der Waals surface area contributed by atoms with Gasteiger partial charge in [0.1, 0.15) is 11.0 Å².